The average molecular weight is 167 g/mol. The molecular weight excluding hydrogens is 159 g/mol. The first kappa shape index (κ1) is 8.86. The van der Waals surface area contributed by atoms with Crippen molar-refractivity contribution >= 4 is 23.2 Å². The van der Waals surface area contributed by atoms with Crippen LogP contribution < -0.4 is 0 Å². The summed E-state index contributed by atoms with van der Waals surface area (Å²) in [4.78, 5) is 0. The van der Waals surface area contributed by atoms with Crippen LogP contribution >= 0.6 is 23.2 Å². The number of halogens is 2. The first-order chi connectivity index (χ1) is 4.04. The second-order valence-corrected chi connectivity index (χ2v) is 2.66. The highest BCUT2D eigenvalue weighted by atomic mass is 35.5. The number of hydrogen-bond acceptors (Lipinski definition) is 1. The van der Waals surface area contributed by atoms with E-state index in [0.29, 0.717) is 10.6 Å². The van der Waals surface area contributed by atoms with Crippen molar-refractivity contribution in [3.8, 4) is 0 Å². The van der Waals surface area contributed by atoms with Gasteiger partial charge in [0, 0.05) is 10.6 Å². The molecule has 3 heteroatoms. The van der Waals surface area contributed by atoms with Gasteiger partial charge in [0.25, 0.3) is 0 Å². The van der Waals surface area contributed by atoms with E-state index in [1.165, 1.54) is 0 Å². The second kappa shape index (κ2) is 3.80. The molecule has 0 amide bonds. The fraction of sp³-hybridized carbons (Fsp3) is 0.333. The molecule has 0 rings (SSSR count). The van der Waals surface area contributed by atoms with Gasteiger partial charge in [0.1, 0.15) is 0 Å². The minimum Gasteiger partial charge on any atom is -0.498 e. The molecule has 0 aromatic heterocycles. The van der Waals surface area contributed by atoms with E-state index in [9.17, 15) is 0 Å². The lowest BCUT2D eigenvalue weighted by Gasteiger charge is -1.91. The third-order valence-corrected chi connectivity index (χ3v) is 1.15. The van der Waals surface area contributed by atoms with Crippen molar-refractivity contribution in [1.29, 1.82) is 0 Å². The van der Waals surface area contributed by atoms with Crippen LogP contribution in [0.15, 0.2) is 21.9 Å². The van der Waals surface area contributed by atoms with Gasteiger partial charge in [0.05, 0.1) is 0 Å². The Hall–Kier alpha value is -0.140. The van der Waals surface area contributed by atoms with Gasteiger partial charge in [-0.05, 0) is 31.5 Å². The van der Waals surface area contributed by atoms with Crippen LogP contribution in [0.1, 0.15) is 13.8 Å². The molecule has 0 aromatic carbocycles. The predicted molar refractivity (Wildman–Crippen MR) is 40.8 cm³/mol. The summed E-state index contributed by atoms with van der Waals surface area (Å²) in [5.41, 5.74) is 0.573. The summed E-state index contributed by atoms with van der Waals surface area (Å²) >= 11 is 10.7. The van der Waals surface area contributed by atoms with E-state index in [2.05, 4.69) is 0 Å². The van der Waals surface area contributed by atoms with Gasteiger partial charge < -0.3 is 5.11 Å². The van der Waals surface area contributed by atoms with Gasteiger partial charge in [-0.2, -0.15) is 0 Å². The van der Waals surface area contributed by atoms with Gasteiger partial charge in [-0.25, -0.2) is 0 Å². The molecule has 0 atom stereocenters. The maximum absolute atomic E-state index is 8.61. The molecule has 0 aliphatic carbocycles. The Labute approximate surface area is 64.6 Å². The number of rotatable bonds is 1. The molecule has 0 radical (unpaired) electrons. The largest absolute Gasteiger partial charge is 0.498 e. The lowest BCUT2D eigenvalue weighted by molar-refractivity contribution is 0.448. The summed E-state index contributed by atoms with van der Waals surface area (Å²) in [6.45, 7) is 3.39. The smallest absolute Gasteiger partial charge is 0.187 e. The Bertz CT molecular complexity index is 150. The molecular formula is C6H8Cl2O. The highest BCUT2D eigenvalue weighted by Crippen LogP contribution is 2.10. The topological polar surface area (TPSA) is 20.2 Å². The Balaban J connectivity index is 4.25. The number of hydrogen-bond donors (Lipinski definition) is 1. The Morgan fingerprint density at radius 3 is 1.89 bits per heavy atom. The van der Waals surface area contributed by atoms with Gasteiger partial charge in [-0.15, -0.1) is 0 Å². The van der Waals surface area contributed by atoms with Gasteiger partial charge >= 0.3 is 0 Å². The van der Waals surface area contributed by atoms with Crippen molar-refractivity contribution in [1.82, 2.24) is 0 Å². The number of allylic oxidation sites excluding steroid dienone is 3. The summed E-state index contributed by atoms with van der Waals surface area (Å²) in [5, 5.41) is 9.00. The SMILES string of the molecule is CC(Cl)=CC(C)=C(O)Cl. The first-order valence-electron chi connectivity index (χ1n) is 2.43. The van der Waals surface area contributed by atoms with Crippen LogP contribution in [0.4, 0.5) is 0 Å². The quantitative estimate of drug-likeness (QED) is 0.469. The average Bonchev–Trinajstić information content (AvgIpc) is 1.63. The van der Waals surface area contributed by atoms with Crippen molar-refractivity contribution in [3.63, 3.8) is 0 Å². The van der Waals surface area contributed by atoms with Gasteiger partial charge in [-0.1, -0.05) is 11.6 Å². The Morgan fingerprint density at radius 2 is 1.78 bits per heavy atom. The van der Waals surface area contributed by atoms with Crippen LogP contribution in [0.2, 0.25) is 0 Å². The van der Waals surface area contributed by atoms with Crippen LogP contribution in [-0.2, 0) is 0 Å². The highest BCUT2D eigenvalue weighted by Gasteiger charge is 1.90. The Kier molecular flexibility index (Phi) is 3.75. The van der Waals surface area contributed by atoms with Crippen molar-refractivity contribution in [2.24, 2.45) is 0 Å². The van der Waals surface area contributed by atoms with Crippen LogP contribution in [0.5, 0.6) is 0 Å². The van der Waals surface area contributed by atoms with E-state index in [-0.39, 0.29) is 5.22 Å². The molecule has 0 saturated carbocycles. The van der Waals surface area contributed by atoms with E-state index in [0.717, 1.165) is 0 Å². The molecule has 0 aliphatic rings. The van der Waals surface area contributed by atoms with E-state index < -0.39 is 0 Å². The van der Waals surface area contributed by atoms with Gasteiger partial charge in [-0.3, -0.25) is 0 Å². The van der Waals surface area contributed by atoms with Gasteiger partial charge in [0.15, 0.2) is 5.22 Å². The standard InChI is InChI=1S/C6H8Cl2O/c1-4(6(8)9)3-5(2)7/h3,9H,1-2H3. The summed E-state index contributed by atoms with van der Waals surface area (Å²) in [6, 6.07) is 0. The normalized spacial score (nSPS) is 15.3. The fourth-order valence-corrected chi connectivity index (χ4v) is 0.576. The zero-order chi connectivity index (χ0) is 7.44. The zero-order valence-electron chi connectivity index (χ0n) is 5.28. The highest BCUT2D eigenvalue weighted by molar-refractivity contribution is 6.30. The predicted octanol–water partition coefficient (Wildman–Crippen LogP) is 3.16. The molecule has 0 fully saturated rings. The van der Waals surface area contributed by atoms with Crippen LogP contribution in [0, 0.1) is 0 Å². The van der Waals surface area contributed by atoms with E-state index >= 15 is 0 Å². The number of aliphatic hydroxyl groups is 1. The summed E-state index contributed by atoms with van der Waals surface area (Å²) in [7, 11) is 0. The van der Waals surface area contributed by atoms with Crippen molar-refractivity contribution in [2.75, 3.05) is 0 Å². The summed E-state index contributed by atoms with van der Waals surface area (Å²) in [6.07, 6.45) is 1.59. The summed E-state index contributed by atoms with van der Waals surface area (Å²) in [5.74, 6) is 0. The minimum absolute atomic E-state index is 0.213. The molecule has 0 heterocycles. The number of aliphatic hydroxyl groups excluding tert-OH is 1. The second-order valence-electron chi connectivity index (χ2n) is 1.70. The van der Waals surface area contributed by atoms with Crippen LogP contribution in [-0.4, -0.2) is 5.11 Å². The molecule has 1 nitrogen and oxygen atoms in total. The van der Waals surface area contributed by atoms with Gasteiger partial charge in [0.2, 0.25) is 0 Å². The molecule has 1 N–H and O–H groups in total. The monoisotopic (exact) mass is 166 g/mol. The van der Waals surface area contributed by atoms with Crippen molar-refractivity contribution in [3.05, 3.63) is 21.9 Å². The zero-order valence-corrected chi connectivity index (χ0v) is 6.79. The van der Waals surface area contributed by atoms with Crippen molar-refractivity contribution < 1.29 is 5.11 Å². The minimum atomic E-state index is -0.213. The first-order valence-corrected chi connectivity index (χ1v) is 3.18. The molecule has 0 spiro atoms. The maximum atomic E-state index is 8.61. The van der Waals surface area contributed by atoms with E-state index in [1.807, 2.05) is 0 Å². The molecule has 0 bridgehead atoms. The third kappa shape index (κ3) is 4.37. The van der Waals surface area contributed by atoms with Crippen LogP contribution in [0.25, 0.3) is 0 Å². The molecule has 0 saturated heterocycles. The molecule has 0 aromatic rings. The fourth-order valence-electron chi connectivity index (χ4n) is 0.358. The lowest BCUT2D eigenvalue weighted by atomic mass is 10.3. The molecule has 0 unspecified atom stereocenters. The van der Waals surface area contributed by atoms with Crippen LogP contribution in [0.3, 0.4) is 0 Å². The molecule has 52 valence electrons. The van der Waals surface area contributed by atoms with E-state index in [1.54, 1.807) is 19.9 Å². The van der Waals surface area contributed by atoms with E-state index in [4.69, 9.17) is 28.3 Å². The molecule has 9 heavy (non-hydrogen) atoms. The Morgan fingerprint density at radius 1 is 1.33 bits per heavy atom. The molecule has 0 aliphatic heterocycles. The third-order valence-electron chi connectivity index (χ3n) is 0.741. The lowest BCUT2D eigenvalue weighted by Crippen LogP contribution is -1.74. The van der Waals surface area contributed by atoms with Crippen molar-refractivity contribution in [2.45, 2.75) is 13.8 Å². The summed E-state index contributed by atoms with van der Waals surface area (Å²) < 4.78 is 0. The maximum Gasteiger partial charge on any atom is 0.187 e.